The molecule has 0 radical (unpaired) electrons. The molecule has 0 aliphatic heterocycles. The first-order valence-corrected chi connectivity index (χ1v) is 7.87. The molecule has 1 aromatic rings. The summed E-state index contributed by atoms with van der Waals surface area (Å²) in [5, 5.41) is 0. The molecule has 19 heavy (non-hydrogen) atoms. The predicted octanol–water partition coefficient (Wildman–Crippen LogP) is 0.991. The fourth-order valence-electron chi connectivity index (χ4n) is 2.39. The van der Waals surface area contributed by atoms with Crippen molar-refractivity contribution in [1.82, 2.24) is 4.72 Å². The quantitative estimate of drug-likeness (QED) is 0.845. The zero-order chi connectivity index (χ0) is 13.9. The van der Waals surface area contributed by atoms with E-state index in [9.17, 15) is 8.42 Å². The van der Waals surface area contributed by atoms with E-state index in [1.54, 1.807) is 25.3 Å². The number of sulfonamides is 1. The molecule has 1 aromatic carbocycles. The van der Waals surface area contributed by atoms with Crippen LogP contribution in [0.4, 0.5) is 0 Å². The normalized spacial score (nSPS) is 23.7. The number of ether oxygens (including phenoxy) is 1. The van der Waals surface area contributed by atoms with Gasteiger partial charge in [-0.3, -0.25) is 0 Å². The van der Waals surface area contributed by atoms with Crippen LogP contribution in [-0.4, -0.2) is 27.7 Å². The Balaban J connectivity index is 2.10. The second kappa shape index (κ2) is 6.00. The van der Waals surface area contributed by atoms with Gasteiger partial charge in [-0.1, -0.05) is 12.1 Å². The number of nitrogens with one attached hydrogen (secondary N) is 1. The lowest BCUT2D eigenvalue weighted by Gasteiger charge is -2.14. The van der Waals surface area contributed by atoms with E-state index in [0.717, 1.165) is 24.8 Å². The molecule has 1 aliphatic rings. The van der Waals surface area contributed by atoms with Crippen molar-refractivity contribution in [3.05, 3.63) is 29.8 Å². The molecule has 2 unspecified atom stereocenters. The Bertz CT molecular complexity index is 530. The van der Waals surface area contributed by atoms with Gasteiger partial charge in [-0.15, -0.1) is 0 Å². The van der Waals surface area contributed by atoms with Gasteiger partial charge in [-0.25, -0.2) is 13.1 Å². The number of hydrogen-bond acceptors (Lipinski definition) is 4. The first-order valence-electron chi connectivity index (χ1n) is 6.39. The average molecular weight is 284 g/mol. The third kappa shape index (κ3) is 3.54. The highest BCUT2D eigenvalue weighted by atomic mass is 32.2. The molecule has 0 aromatic heterocycles. The van der Waals surface area contributed by atoms with Gasteiger partial charge in [0.1, 0.15) is 0 Å². The maximum Gasteiger partial charge on any atom is 0.240 e. The minimum Gasteiger partial charge on any atom is -0.381 e. The summed E-state index contributed by atoms with van der Waals surface area (Å²) >= 11 is 0. The molecule has 0 amide bonds. The third-order valence-corrected chi connectivity index (χ3v) is 5.00. The molecule has 0 bridgehead atoms. The molecule has 1 fully saturated rings. The van der Waals surface area contributed by atoms with E-state index in [1.807, 2.05) is 6.07 Å². The van der Waals surface area contributed by atoms with Crippen LogP contribution in [0.15, 0.2) is 29.2 Å². The summed E-state index contributed by atoms with van der Waals surface area (Å²) in [6, 6.07) is 6.69. The second-order valence-corrected chi connectivity index (χ2v) is 6.55. The lowest BCUT2D eigenvalue weighted by molar-refractivity contribution is 0.107. The minimum absolute atomic E-state index is 0.0449. The second-order valence-electron chi connectivity index (χ2n) is 4.84. The Labute approximate surface area is 114 Å². The molecule has 1 aliphatic carbocycles. The van der Waals surface area contributed by atoms with Crippen molar-refractivity contribution < 1.29 is 13.2 Å². The van der Waals surface area contributed by atoms with Crippen LogP contribution in [0.1, 0.15) is 24.8 Å². The highest BCUT2D eigenvalue weighted by molar-refractivity contribution is 7.89. The van der Waals surface area contributed by atoms with Crippen LogP contribution in [-0.2, 0) is 21.3 Å². The highest BCUT2D eigenvalue weighted by Crippen LogP contribution is 2.23. The van der Waals surface area contributed by atoms with Crippen molar-refractivity contribution in [2.45, 2.75) is 42.8 Å². The summed E-state index contributed by atoms with van der Waals surface area (Å²) in [4.78, 5) is 0.274. The van der Waals surface area contributed by atoms with Crippen LogP contribution < -0.4 is 10.5 Å². The van der Waals surface area contributed by atoms with Crippen molar-refractivity contribution in [2.24, 2.45) is 5.73 Å². The van der Waals surface area contributed by atoms with E-state index in [4.69, 9.17) is 10.5 Å². The molecule has 6 heteroatoms. The Morgan fingerprint density at radius 3 is 2.84 bits per heavy atom. The van der Waals surface area contributed by atoms with Crippen LogP contribution in [0.5, 0.6) is 0 Å². The van der Waals surface area contributed by atoms with Gasteiger partial charge in [0.2, 0.25) is 10.0 Å². The fourth-order valence-corrected chi connectivity index (χ4v) is 3.74. The zero-order valence-electron chi connectivity index (χ0n) is 11.0. The summed E-state index contributed by atoms with van der Waals surface area (Å²) in [6.07, 6.45) is 2.59. The van der Waals surface area contributed by atoms with Crippen molar-refractivity contribution in [3.63, 3.8) is 0 Å². The smallest absolute Gasteiger partial charge is 0.240 e. The molecule has 5 nitrogen and oxygen atoms in total. The van der Waals surface area contributed by atoms with Crippen molar-refractivity contribution in [1.29, 1.82) is 0 Å². The van der Waals surface area contributed by atoms with Crippen LogP contribution in [0.2, 0.25) is 0 Å². The number of methoxy groups -OCH3 is 1. The maximum atomic E-state index is 12.3. The van der Waals surface area contributed by atoms with Gasteiger partial charge in [0.05, 0.1) is 11.0 Å². The van der Waals surface area contributed by atoms with Crippen LogP contribution >= 0.6 is 0 Å². The lowest BCUT2D eigenvalue weighted by atomic mass is 10.2. The first-order chi connectivity index (χ1) is 9.05. The highest BCUT2D eigenvalue weighted by Gasteiger charge is 2.28. The number of rotatable bonds is 5. The van der Waals surface area contributed by atoms with E-state index in [-0.39, 0.29) is 17.0 Å². The Morgan fingerprint density at radius 2 is 2.21 bits per heavy atom. The predicted molar refractivity (Wildman–Crippen MR) is 73.1 cm³/mol. The minimum atomic E-state index is -3.47. The first kappa shape index (κ1) is 14.5. The standard InChI is InChI=1S/C13H20N2O3S/c1-18-12-6-5-11(8-12)15-19(16,17)13-4-2-3-10(7-13)9-14/h2-4,7,11-12,15H,5-6,8-9,14H2,1H3. The van der Waals surface area contributed by atoms with E-state index >= 15 is 0 Å². The largest absolute Gasteiger partial charge is 0.381 e. The summed E-state index contributed by atoms with van der Waals surface area (Å²) in [7, 11) is -1.81. The van der Waals surface area contributed by atoms with Gasteiger partial charge in [0.15, 0.2) is 0 Å². The molecule has 0 heterocycles. The molecule has 0 spiro atoms. The number of hydrogen-bond donors (Lipinski definition) is 2. The molecular weight excluding hydrogens is 264 g/mol. The molecular formula is C13H20N2O3S. The lowest BCUT2D eigenvalue weighted by Crippen LogP contribution is -2.33. The fraction of sp³-hybridized carbons (Fsp3) is 0.538. The number of nitrogens with two attached hydrogens (primary N) is 1. The molecule has 1 saturated carbocycles. The maximum absolute atomic E-state index is 12.3. The molecule has 3 N–H and O–H groups in total. The van der Waals surface area contributed by atoms with Gasteiger partial charge in [-0.2, -0.15) is 0 Å². The van der Waals surface area contributed by atoms with Crippen LogP contribution in [0.3, 0.4) is 0 Å². The van der Waals surface area contributed by atoms with Gasteiger partial charge in [-0.05, 0) is 37.0 Å². The topological polar surface area (TPSA) is 81.4 Å². The van der Waals surface area contributed by atoms with Crippen LogP contribution in [0, 0.1) is 0 Å². The summed E-state index contributed by atoms with van der Waals surface area (Å²) in [5.41, 5.74) is 6.34. The van der Waals surface area contributed by atoms with Gasteiger partial charge >= 0.3 is 0 Å². The van der Waals surface area contributed by atoms with Gasteiger partial charge in [0, 0.05) is 19.7 Å². The van der Waals surface area contributed by atoms with Gasteiger partial charge < -0.3 is 10.5 Å². The zero-order valence-corrected chi connectivity index (χ0v) is 11.8. The van der Waals surface area contributed by atoms with E-state index in [2.05, 4.69) is 4.72 Å². The summed E-state index contributed by atoms with van der Waals surface area (Å²) < 4.78 is 32.5. The third-order valence-electron chi connectivity index (χ3n) is 3.48. The Morgan fingerprint density at radius 1 is 1.42 bits per heavy atom. The monoisotopic (exact) mass is 284 g/mol. The Hall–Kier alpha value is -0.950. The Kier molecular flexibility index (Phi) is 4.57. The van der Waals surface area contributed by atoms with Crippen molar-refractivity contribution in [2.75, 3.05) is 7.11 Å². The molecule has 2 atom stereocenters. The van der Waals surface area contributed by atoms with Crippen molar-refractivity contribution in [3.8, 4) is 0 Å². The summed E-state index contributed by atoms with van der Waals surface area (Å²) in [6.45, 7) is 0.332. The van der Waals surface area contributed by atoms with E-state index < -0.39 is 10.0 Å². The summed E-state index contributed by atoms with van der Waals surface area (Å²) in [5.74, 6) is 0. The molecule has 106 valence electrons. The number of benzene rings is 1. The molecule has 2 rings (SSSR count). The van der Waals surface area contributed by atoms with Crippen molar-refractivity contribution >= 4 is 10.0 Å². The molecule has 0 saturated heterocycles. The average Bonchev–Trinajstić information content (AvgIpc) is 2.85. The van der Waals surface area contributed by atoms with E-state index in [1.165, 1.54) is 0 Å². The SMILES string of the molecule is COC1CCC(NS(=O)(=O)c2cccc(CN)c2)C1. The van der Waals surface area contributed by atoms with Gasteiger partial charge in [0.25, 0.3) is 0 Å². The van der Waals surface area contributed by atoms with Crippen LogP contribution in [0.25, 0.3) is 0 Å². The van der Waals surface area contributed by atoms with E-state index in [0.29, 0.717) is 6.54 Å².